The summed E-state index contributed by atoms with van der Waals surface area (Å²) in [6.07, 6.45) is 0. The number of nitrogens with one attached hydrogen (secondary N) is 1. The molecule has 4 heteroatoms. The fourth-order valence-electron chi connectivity index (χ4n) is 2.21. The van der Waals surface area contributed by atoms with Gasteiger partial charge in [0.05, 0.1) is 12.6 Å². The van der Waals surface area contributed by atoms with Crippen LogP contribution < -0.4 is 11.1 Å². The molecule has 0 heterocycles. The lowest BCUT2D eigenvalue weighted by Gasteiger charge is -2.28. The highest BCUT2D eigenvalue weighted by atomic mass is 16.2. The molecule has 0 aromatic heterocycles. The van der Waals surface area contributed by atoms with Gasteiger partial charge in [0.2, 0.25) is 5.91 Å². The third kappa shape index (κ3) is 5.72. The van der Waals surface area contributed by atoms with Crippen LogP contribution >= 0.6 is 0 Å². The average Bonchev–Trinajstić information content (AvgIpc) is 2.38. The van der Waals surface area contributed by atoms with Crippen molar-refractivity contribution in [2.75, 3.05) is 26.7 Å². The van der Waals surface area contributed by atoms with E-state index >= 15 is 0 Å². The molecule has 0 saturated heterocycles. The quantitative estimate of drug-likeness (QED) is 0.799. The first-order valence-electron chi connectivity index (χ1n) is 7.07. The topological polar surface area (TPSA) is 58.4 Å². The molecule has 0 aliphatic carbocycles. The summed E-state index contributed by atoms with van der Waals surface area (Å²) in [6.45, 7) is 8.01. The first-order chi connectivity index (χ1) is 9.34. The molecule has 1 amide bonds. The highest BCUT2D eigenvalue weighted by molar-refractivity contribution is 5.78. The summed E-state index contributed by atoms with van der Waals surface area (Å²) < 4.78 is 0. The Morgan fingerprint density at radius 2 is 1.95 bits per heavy atom. The highest BCUT2D eigenvalue weighted by Gasteiger charge is 2.19. The summed E-state index contributed by atoms with van der Waals surface area (Å²) >= 11 is 0. The number of carbonyl (C=O) groups is 1. The third-order valence-corrected chi connectivity index (χ3v) is 3.34. The van der Waals surface area contributed by atoms with Gasteiger partial charge in [-0.2, -0.15) is 0 Å². The summed E-state index contributed by atoms with van der Waals surface area (Å²) in [7, 11) is 1.95. The summed E-state index contributed by atoms with van der Waals surface area (Å²) in [4.78, 5) is 14.0. The van der Waals surface area contributed by atoms with Gasteiger partial charge in [0, 0.05) is 6.54 Å². The van der Waals surface area contributed by atoms with Crippen molar-refractivity contribution in [3.8, 4) is 0 Å². The van der Waals surface area contributed by atoms with E-state index in [4.69, 9.17) is 5.73 Å². The summed E-state index contributed by atoms with van der Waals surface area (Å²) in [5.74, 6) is 0.0386. The number of nitrogens with zero attached hydrogens (tertiary/aromatic N) is 1. The number of carbonyl (C=O) groups excluding carboxylic acids is 1. The zero-order chi connectivity index (χ0) is 15.2. The lowest BCUT2D eigenvalue weighted by Crippen LogP contribution is -2.42. The highest BCUT2D eigenvalue weighted by Crippen LogP contribution is 2.14. The van der Waals surface area contributed by atoms with Crippen LogP contribution in [-0.2, 0) is 4.79 Å². The van der Waals surface area contributed by atoms with Crippen LogP contribution in [0.2, 0.25) is 0 Å². The number of likely N-dealkylation sites (N-methyl/N-ethyl adjacent to an activating group) is 1. The third-order valence-electron chi connectivity index (χ3n) is 3.34. The van der Waals surface area contributed by atoms with Crippen molar-refractivity contribution in [3.05, 3.63) is 35.9 Å². The van der Waals surface area contributed by atoms with E-state index in [0.717, 1.165) is 12.1 Å². The molecule has 112 valence electrons. The summed E-state index contributed by atoms with van der Waals surface area (Å²) in [5.41, 5.74) is 6.86. The van der Waals surface area contributed by atoms with E-state index in [-0.39, 0.29) is 17.4 Å². The average molecular weight is 277 g/mol. The van der Waals surface area contributed by atoms with Crippen molar-refractivity contribution in [2.24, 2.45) is 11.1 Å². The zero-order valence-corrected chi connectivity index (χ0v) is 13.0. The lowest BCUT2D eigenvalue weighted by molar-refractivity contribution is -0.122. The fraction of sp³-hybridized carbons (Fsp3) is 0.562. The van der Waals surface area contributed by atoms with Gasteiger partial charge in [-0.3, -0.25) is 9.69 Å². The predicted octanol–water partition coefficient (Wildman–Crippen LogP) is 1.78. The van der Waals surface area contributed by atoms with Gasteiger partial charge < -0.3 is 11.1 Å². The molecule has 4 nitrogen and oxygen atoms in total. The van der Waals surface area contributed by atoms with E-state index in [1.807, 2.05) is 49.2 Å². The maximum absolute atomic E-state index is 12.0. The molecule has 1 aromatic rings. The maximum atomic E-state index is 12.0. The van der Waals surface area contributed by atoms with Gasteiger partial charge in [0.25, 0.3) is 0 Å². The van der Waals surface area contributed by atoms with Gasteiger partial charge >= 0.3 is 0 Å². The molecular weight excluding hydrogens is 250 g/mol. The van der Waals surface area contributed by atoms with Crippen molar-refractivity contribution in [2.45, 2.75) is 26.8 Å². The molecule has 0 aliphatic rings. The molecule has 0 fully saturated rings. The van der Waals surface area contributed by atoms with Crippen molar-refractivity contribution in [1.29, 1.82) is 0 Å². The Labute approximate surface area is 122 Å². The molecule has 1 aromatic carbocycles. The lowest BCUT2D eigenvalue weighted by atomic mass is 9.93. The molecule has 1 rings (SSSR count). The molecule has 0 bridgehead atoms. The van der Waals surface area contributed by atoms with Crippen LogP contribution in [0.1, 0.15) is 32.4 Å². The van der Waals surface area contributed by atoms with Crippen molar-refractivity contribution < 1.29 is 4.79 Å². The smallest absolute Gasteiger partial charge is 0.234 e. The minimum absolute atomic E-state index is 0.0274. The Bertz CT molecular complexity index is 417. The zero-order valence-electron chi connectivity index (χ0n) is 13.0. The van der Waals surface area contributed by atoms with E-state index in [1.165, 1.54) is 0 Å². The second kappa shape index (κ2) is 7.41. The van der Waals surface area contributed by atoms with Crippen LogP contribution in [-0.4, -0.2) is 37.5 Å². The number of rotatable bonds is 7. The van der Waals surface area contributed by atoms with Gasteiger partial charge in [-0.25, -0.2) is 0 Å². The van der Waals surface area contributed by atoms with Crippen LogP contribution in [0.5, 0.6) is 0 Å². The largest absolute Gasteiger partial charge is 0.348 e. The standard InChI is InChI=1S/C16H27N3O/c1-13(14-8-6-5-7-9-14)18-15(20)10-19(4)12-16(2,3)11-17/h5-9,13H,10-12,17H2,1-4H3,(H,18,20). The Kier molecular flexibility index (Phi) is 6.17. The Morgan fingerprint density at radius 1 is 1.35 bits per heavy atom. The minimum Gasteiger partial charge on any atom is -0.348 e. The number of amides is 1. The molecule has 1 unspecified atom stereocenters. The molecule has 0 aliphatic heterocycles. The number of benzene rings is 1. The predicted molar refractivity (Wildman–Crippen MR) is 83.3 cm³/mol. The van der Waals surface area contributed by atoms with E-state index < -0.39 is 0 Å². The molecular formula is C16H27N3O. The van der Waals surface area contributed by atoms with E-state index in [1.54, 1.807) is 0 Å². The number of hydrogen-bond donors (Lipinski definition) is 2. The number of nitrogens with two attached hydrogens (primary N) is 1. The fourth-order valence-corrected chi connectivity index (χ4v) is 2.21. The van der Waals surface area contributed by atoms with E-state index in [0.29, 0.717) is 13.1 Å². The van der Waals surface area contributed by atoms with Crippen molar-refractivity contribution >= 4 is 5.91 Å². The summed E-state index contributed by atoms with van der Waals surface area (Å²) in [6, 6.07) is 10.0. The maximum Gasteiger partial charge on any atom is 0.234 e. The van der Waals surface area contributed by atoms with E-state index in [2.05, 4.69) is 19.2 Å². The van der Waals surface area contributed by atoms with Crippen LogP contribution in [0, 0.1) is 5.41 Å². The molecule has 20 heavy (non-hydrogen) atoms. The first-order valence-corrected chi connectivity index (χ1v) is 7.07. The van der Waals surface area contributed by atoms with Gasteiger partial charge in [0.15, 0.2) is 0 Å². The molecule has 1 atom stereocenters. The molecule has 0 radical (unpaired) electrons. The second-order valence-corrected chi connectivity index (χ2v) is 6.24. The Hall–Kier alpha value is -1.39. The van der Waals surface area contributed by atoms with Gasteiger partial charge in [-0.1, -0.05) is 44.2 Å². The first kappa shape index (κ1) is 16.7. The normalized spacial score (nSPS) is 13.3. The molecule has 0 spiro atoms. The van der Waals surface area contributed by atoms with Crippen molar-refractivity contribution in [1.82, 2.24) is 10.2 Å². The van der Waals surface area contributed by atoms with Crippen molar-refractivity contribution in [3.63, 3.8) is 0 Å². The monoisotopic (exact) mass is 277 g/mol. The van der Waals surface area contributed by atoms with Crippen LogP contribution in [0.25, 0.3) is 0 Å². The van der Waals surface area contributed by atoms with Gasteiger partial charge in [0.1, 0.15) is 0 Å². The second-order valence-electron chi connectivity index (χ2n) is 6.24. The van der Waals surface area contributed by atoms with E-state index in [9.17, 15) is 4.79 Å². The Balaban J connectivity index is 2.44. The SMILES string of the molecule is CC(NC(=O)CN(C)CC(C)(C)CN)c1ccccc1. The van der Waals surface area contributed by atoms with Crippen LogP contribution in [0.15, 0.2) is 30.3 Å². The van der Waals surface area contributed by atoms with Crippen LogP contribution in [0.4, 0.5) is 0 Å². The number of hydrogen-bond acceptors (Lipinski definition) is 3. The van der Waals surface area contributed by atoms with Crippen LogP contribution in [0.3, 0.4) is 0 Å². The molecule has 3 N–H and O–H groups in total. The summed E-state index contributed by atoms with van der Waals surface area (Å²) in [5, 5.41) is 3.02. The van der Waals surface area contributed by atoms with Gasteiger partial charge in [-0.05, 0) is 31.5 Å². The Morgan fingerprint density at radius 3 is 2.50 bits per heavy atom. The minimum atomic E-state index is 0.0274. The van der Waals surface area contributed by atoms with Gasteiger partial charge in [-0.15, -0.1) is 0 Å². The molecule has 0 saturated carbocycles.